The zero-order valence-electron chi connectivity index (χ0n) is 11.8. The molecule has 1 aliphatic rings. The number of carbonyl (C=O) groups is 1. The van der Waals surface area contributed by atoms with E-state index >= 15 is 0 Å². The lowest BCUT2D eigenvalue weighted by atomic mass is 10.1. The number of morpholine rings is 1. The van der Waals surface area contributed by atoms with Crippen LogP contribution in [0.15, 0.2) is 54.9 Å². The highest BCUT2D eigenvalue weighted by atomic mass is 16.5. The van der Waals surface area contributed by atoms with Crippen molar-refractivity contribution in [2.75, 3.05) is 19.7 Å². The molecule has 1 atom stereocenters. The summed E-state index contributed by atoms with van der Waals surface area (Å²) >= 11 is 0. The van der Waals surface area contributed by atoms with Gasteiger partial charge in [-0.1, -0.05) is 30.3 Å². The maximum Gasteiger partial charge on any atom is 0.254 e. The summed E-state index contributed by atoms with van der Waals surface area (Å²) in [7, 11) is 0. The predicted molar refractivity (Wildman–Crippen MR) is 80.0 cm³/mol. The number of pyridine rings is 1. The van der Waals surface area contributed by atoms with Crippen LogP contribution in [0.3, 0.4) is 0 Å². The fourth-order valence-electron chi connectivity index (χ4n) is 2.58. The number of aromatic nitrogens is 1. The van der Waals surface area contributed by atoms with Gasteiger partial charge in [0.15, 0.2) is 0 Å². The number of hydrogen-bond acceptors (Lipinski definition) is 3. The molecule has 0 radical (unpaired) electrons. The lowest BCUT2D eigenvalue weighted by Crippen LogP contribution is -2.46. The lowest BCUT2D eigenvalue weighted by Gasteiger charge is -2.33. The Balaban J connectivity index is 1.64. The molecule has 4 heteroatoms. The third-order valence-corrected chi connectivity index (χ3v) is 3.66. The molecule has 2 aromatic rings. The fourth-order valence-corrected chi connectivity index (χ4v) is 2.58. The van der Waals surface area contributed by atoms with Gasteiger partial charge in [-0.25, -0.2) is 0 Å². The van der Waals surface area contributed by atoms with Crippen LogP contribution in [0.5, 0.6) is 0 Å². The van der Waals surface area contributed by atoms with E-state index < -0.39 is 0 Å². The van der Waals surface area contributed by atoms with Crippen molar-refractivity contribution < 1.29 is 9.53 Å². The molecule has 0 aliphatic carbocycles. The summed E-state index contributed by atoms with van der Waals surface area (Å²) in [4.78, 5) is 18.3. The Bertz CT molecular complexity index is 586. The second kappa shape index (κ2) is 6.50. The summed E-state index contributed by atoms with van der Waals surface area (Å²) in [6.07, 6.45) is 4.19. The van der Waals surface area contributed by atoms with Gasteiger partial charge in [-0.05, 0) is 17.7 Å². The number of carbonyl (C=O) groups excluding carboxylic acids is 1. The van der Waals surface area contributed by atoms with Crippen LogP contribution in [0.25, 0.3) is 0 Å². The van der Waals surface area contributed by atoms with Crippen LogP contribution in [0.2, 0.25) is 0 Å². The van der Waals surface area contributed by atoms with E-state index in [2.05, 4.69) is 17.1 Å². The monoisotopic (exact) mass is 282 g/mol. The number of ether oxygens (including phenoxy) is 1. The molecule has 0 saturated carbocycles. The summed E-state index contributed by atoms with van der Waals surface area (Å²) in [6, 6.07) is 13.7. The van der Waals surface area contributed by atoms with Gasteiger partial charge in [0.05, 0.1) is 12.7 Å². The molecule has 1 amide bonds. The van der Waals surface area contributed by atoms with Crippen molar-refractivity contribution in [3.8, 4) is 0 Å². The fraction of sp³-hybridized carbons (Fsp3) is 0.294. The Labute approximate surface area is 124 Å². The Kier molecular flexibility index (Phi) is 4.26. The molecular weight excluding hydrogens is 264 g/mol. The van der Waals surface area contributed by atoms with Gasteiger partial charge >= 0.3 is 0 Å². The van der Waals surface area contributed by atoms with Gasteiger partial charge in [-0.2, -0.15) is 0 Å². The van der Waals surface area contributed by atoms with Crippen LogP contribution in [-0.2, 0) is 11.2 Å². The molecule has 1 aromatic heterocycles. The van der Waals surface area contributed by atoms with Gasteiger partial charge < -0.3 is 9.64 Å². The van der Waals surface area contributed by atoms with Crippen LogP contribution < -0.4 is 0 Å². The van der Waals surface area contributed by atoms with E-state index in [1.54, 1.807) is 24.5 Å². The average Bonchev–Trinajstić information content (AvgIpc) is 2.56. The van der Waals surface area contributed by atoms with Crippen LogP contribution in [0.1, 0.15) is 15.9 Å². The minimum absolute atomic E-state index is 0.0544. The van der Waals surface area contributed by atoms with Gasteiger partial charge in [0.1, 0.15) is 0 Å². The summed E-state index contributed by atoms with van der Waals surface area (Å²) in [5.74, 6) is 0.0544. The Morgan fingerprint density at radius 2 is 1.95 bits per heavy atom. The average molecular weight is 282 g/mol. The van der Waals surface area contributed by atoms with Crippen LogP contribution in [-0.4, -0.2) is 41.6 Å². The highest BCUT2D eigenvalue weighted by molar-refractivity contribution is 5.94. The quantitative estimate of drug-likeness (QED) is 0.866. The lowest BCUT2D eigenvalue weighted by molar-refractivity contribution is -0.0208. The molecule has 0 N–H and O–H groups in total. The van der Waals surface area contributed by atoms with Crippen LogP contribution in [0.4, 0.5) is 0 Å². The SMILES string of the molecule is O=C(c1ccncc1)N1CCOC(Cc2ccccc2)C1. The number of hydrogen-bond donors (Lipinski definition) is 0. The van der Waals surface area contributed by atoms with Gasteiger partial charge in [-0.3, -0.25) is 9.78 Å². The van der Waals surface area contributed by atoms with E-state index in [9.17, 15) is 4.79 Å². The Morgan fingerprint density at radius 3 is 2.71 bits per heavy atom. The molecule has 1 aliphatic heterocycles. The zero-order chi connectivity index (χ0) is 14.5. The molecule has 108 valence electrons. The van der Waals surface area contributed by atoms with Crippen molar-refractivity contribution in [3.63, 3.8) is 0 Å². The smallest absolute Gasteiger partial charge is 0.254 e. The second-order valence-electron chi connectivity index (χ2n) is 5.17. The molecule has 1 unspecified atom stereocenters. The molecule has 1 fully saturated rings. The maximum absolute atomic E-state index is 12.4. The largest absolute Gasteiger partial charge is 0.374 e. The van der Waals surface area contributed by atoms with Crippen molar-refractivity contribution in [1.29, 1.82) is 0 Å². The van der Waals surface area contributed by atoms with E-state index in [-0.39, 0.29) is 12.0 Å². The maximum atomic E-state index is 12.4. The first-order valence-electron chi connectivity index (χ1n) is 7.18. The second-order valence-corrected chi connectivity index (χ2v) is 5.17. The molecule has 0 spiro atoms. The first-order valence-corrected chi connectivity index (χ1v) is 7.18. The summed E-state index contributed by atoms with van der Waals surface area (Å²) in [6.45, 7) is 1.87. The molecular formula is C17H18N2O2. The highest BCUT2D eigenvalue weighted by Gasteiger charge is 2.25. The van der Waals surface area contributed by atoms with Gasteiger partial charge in [0.25, 0.3) is 5.91 Å². The number of benzene rings is 1. The molecule has 1 saturated heterocycles. The molecule has 3 rings (SSSR count). The number of amides is 1. The minimum atomic E-state index is 0.0544. The normalized spacial score (nSPS) is 18.5. The molecule has 21 heavy (non-hydrogen) atoms. The van der Waals surface area contributed by atoms with Gasteiger partial charge in [-0.15, -0.1) is 0 Å². The van der Waals surface area contributed by atoms with Crippen molar-refractivity contribution in [1.82, 2.24) is 9.88 Å². The van der Waals surface area contributed by atoms with Gasteiger partial charge in [0.2, 0.25) is 0 Å². The highest BCUT2D eigenvalue weighted by Crippen LogP contribution is 2.14. The van der Waals surface area contributed by atoms with E-state index in [1.807, 2.05) is 23.1 Å². The Morgan fingerprint density at radius 1 is 1.19 bits per heavy atom. The molecule has 2 heterocycles. The van der Waals surface area contributed by atoms with E-state index in [0.29, 0.717) is 25.3 Å². The number of nitrogens with zero attached hydrogens (tertiary/aromatic N) is 2. The molecule has 1 aromatic carbocycles. The van der Waals surface area contributed by atoms with Crippen molar-refractivity contribution in [2.24, 2.45) is 0 Å². The molecule has 0 bridgehead atoms. The summed E-state index contributed by atoms with van der Waals surface area (Å²) in [5.41, 5.74) is 1.92. The predicted octanol–water partition coefficient (Wildman–Crippen LogP) is 2.17. The first kappa shape index (κ1) is 13.8. The van der Waals surface area contributed by atoms with Crippen LogP contribution >= 0.6 is 0 Å². The summed E-state index contributed by atoms with van der Waals surface area (Å²) in [5, 5.41) is 0. The first-order chi connectivity index (χ1) is 10.3. The van der Waals surface area contributed by atoms with Crippen molar-refractivity contribution >= 4 is 5.91 Å². The van der Waals surface area contributed by atoms with E-state index in [0.717, 1.165) is 6.42 Å². The molecule has 4 nitrogen and oxygen atoms in total. The van der Waals surface area contributed by atoms with Gasteiger partial charge in [0, 0.05) is 37.5 Å². The standard InChI is InChI=1S/C17H18N2O2/c20-17(15-6-8-18-9-7-15)19-10-11-21-16(13-19)12-14-4-2-1-3-5-14/h1-9,16H,10-13H2. The summed E-state index contributed by atoms with van der Waals surface area (Å²) < 4.78 is 5.79. The topological polar surface area (TPSA) is 42.4 Å². The third-order valence-electron chi connectivity index (χ3n) is 3.66. The van der Waals surface area contributed by atoms with Crippen molar-refractivity contribution in [3.05, 3.63) is 66.0 Å². The van der Waals surface area contributed by atoms with Crippen LogP contribution in [0, 0.1) is 0 Å². The van der Waals surface area contributed by atoms with E-state index in [4.69, 9.17) is 4.74 Å². The zero-order valence-corrected chi connectivity index (χ0v) is 11.8. The number of rotatable bonds is 3. The third kappa shape index (κ3) is 3.47. The Hall–Kier alpha value is -2.20. The minimum Gasteiger partial charge on any atom is -0.374 e. The van der Waals surface area contributed by atoms with E-state index in [1.165, 1.54) is 5.56 Å². The van der Waals surface area contributed by atoms with Crippen molar-refractivity contribution in [2.45, 2.75) is 12.5 Å².